The highest BCUT2D eigenvalue weighted by atomic mass is 127. The van der Waals surface area contributed by atoms with Gasteiger partial charge in [-0.1, -0.05) is 15.9 Å². The Hall–Kier alpha value is -0.380. The number of hydrogen-bond acceptors (Lipinski definition) is 3. The van der Waals surface area contributed by atoms with E-state index in [4.69, 9.17) is 0 Å². The Morgan fingerprint density at radius 1 is 1.56 bits per heavy atom. The third-order valence-corrected chi connectivity index (χ3v) is 3.27. The van der Waals surface area contributed by atoms with Crippen molar-refractivity contribution >= 4 is 44.8 Å². The summed E-state index contributed by atoms with van der Waals surface area (Å²) in [6, 6.07) is 0. The fourth-order valence-corrected chi connectivity index (χ4v) is 2.82. The van der Waals surface area contributed by atoms with Crippen LogP contribution in [0.4, 0.5) is 13.2 Å². The molecule has 1 heterocycles. The number of pyridine rings is 1. The molecule has 0 spiro atoms. The zero-order valence-corrected chi connectivity index (χ0v) is 11.3. The molecule has 3 nitrogen and oxygen atoms in total. The Bertz CT molecular complexity index is 411. The summed E-state index contributed by atoms with van der Waals surface area (Å²) in [6.07, 6.45) is -3.21. The fraction of sp³-hybridized carbons (Fsp3) is 0.250. The summed E-state index contributed by atoms with van der Waals surface area (Å²) in [7, 11) is 0. The van der Waals surface area contributed by atoms with Crippen LogP contribution in [0, 0.1) is 3.57 Å². The molecule has 0 unspecified atom stereocenters. The van der Waals surface area contributed by atoms with E-state index in [1.165, 1.54) is 0 Å². The van der Waals surface area contributed by atoms with Gasteiger partial charge >= 0.3 is 6.36 Å². The third-order valence-electron chi connectivity index (χ3n) is 1.60. The van der Waals surface area contributed by atoms with Gasteiger partial charge in [0.2, 0.25) is 5.88 Å². The maximum atomic E-state index is 12.0. The highest BCUT2D eigenvalue weighted by Gasteiger charge is 2.33. The van der Waals surface area contributed by atoms with E-state index in [2.05, 4.69) is 25.7 Å². The molecule has 0 aromatic carbocycles. The molecule has 1 aromatic heterocycles. The van der Waals surface area contributed by atoms with Gasteiger partial charge in [-0.25, -0.2) is 4.98 Å². The number of rotatable bonds is 3. The number of halogens is 5. The summed E-state index contributed by atoms with van der Waals surface area (Å²) in [4.78, 5) is 14.0. The van der Waals surface area contributed by atoms with Crippen molar-refractivity contribution in [3.05, 3.63) is 20.9 Å². The largest absolute Gasteiger partial charge is 0.574 e. The minimum Gasteiger partial charge on any atom is -0.387 e. The van der Waals surface area contributed by atoms with Crippen LogP contribution in [0.25, 0.3) is 0 Å². The van der Waals surface area contributed by atoms with Crippen LogP contribution in [0.2, 0.25) is 0 Å². The Labute approximate surface area is 111 Å². The van der Waals surface area contributed by atoms with Crippen LogP contribution in [-0.4, -0.2) is 17.6 Å². The van der Waals surface area contributed by atoms with Crippen LogP contribution >= 0.6 is 38.5 Å². The van der Waals surface area contributed by atoms with Crippen molar-refractivity contribution in [3.63, 3.8) is 0 Å². The molecule has 0 N–H and O–H groups in total. The molecule has 1 rings (SSSR count). The molecule has 0 atom stereocenters. The van der Waals surface area contributed by atoms with Crippen LogP contribution in [0.3, 0.4) is 0 Å². The van der Waals surface area contributed by atoms with Crippen LogP contribution in [0.15, 0.2) is 6.20 Å². The van der Waals surface area contributed by atoms with Gasteiger partial charge in [0.05, 0.1) is 3.57 Å². The smallest absolute Gasteiger partial charge is 0.387 e. The van der Waals surface area contributed by atoms with E-state index < -0.39 is 12.2 Å². The molecule has 0 aliphatic rings. The minimum atomic E-state index is -4.79. The Kier molecular flexibility index (Phi) is 4.53. The predicted octanol–water partition coefficient (Wildman–Crippen LogP) is 3.29. The van der Waals surface area contributed by atoms with E-state index in [-0.39, 0.29) is 14.5 Å². The maximum Gasteiger partial charge on any atom is 0.574 e. The zero-order chi connectivity index (χ0) is 12.3. The summed E-state index contributed by atoms with van der Waals surface area (Å²) in [5, 5.41) is 0.246. The number of carbonyl (C=O) groups excluding carboxylic acids is 1. The summed E-state index contributed by atoms with van der Waals surface area (Å²) >= 11 is 4.74. The van der Waals surface area contributed by atoms with Crippen molar-refractivity contribution in [1.82, 2.24) is 4.98 Å². The first-order valence-corrected chi connectivity index (χ1v) is 6.03. The zero-order valence-electron chi connectivity index (χ0n) is 7.52. The van der Waals surface area contributed by atoms with Crippen molar-refractivity contribution in [2.45, 2.75) is 11.7 Å². The Balaban J connectivity index is 3.19. The number of alkyl halides is 4. The van der Waals surface area contributed by atoms with E-state index in [0.717, 1.165) is 6.20 Å². The standard InChI is InChI=1S/C8H4BrF3INO2/c9-1-5-4(3-15)2-14-7(6(5)13)16-8(10,11)12/h2-3H,1H2. The highest BCUT2D eigenvalue weighted by Crippen LogP contribution is 2.30. The lowest BCUT2D eigenvalue weighted by Crippen LogP contribution is -2.19. The SMILES string of the molecule is O=Cc1cnc(OC(F)(F)F)c(I)c1CBr. The summed E-state index contributed by atoms with van der Waals surface area (Å²) in [6.45, 7) is 0. The lowest BCUT2D eigenvalue weighted by Gasteiger charge is -2.12. The molecule has 16 heavy (non-hydrogen) atoms. The van der Waals surface area contributed by atoms with Gasteiger partial charge < -0.3 is 4.74 Å². The molecule has 0 radical (unpaired) electrons. The van der Waals surface area contributed by atoms with E-state index in [9.17, 15) is 18.0 Å². The molecule has 0 amide bonds. The minimum absolute atomic E-state index is 0.163. The van der Waals surface area contributed by atoms with Crippen molar-refractivity contribution in [1.29, 1.82) is 0 Å². The second-order valence-corrected chi connectivity index (χ2v) is 4.25. The average molecular weight is 410 g/mol. The molecule has 88 valence electrons. The number of aldehydes is 1. The second-order valence-electron chi connectivity index (χ2n) is 2.61. The molecular weight excluding hydrogens is 406 g/mol. The van der Waals surface area contributed by atoms with Gasteiger partial charge in [0.1, 0.15) is 0 Å². The monoisotopic (exact) mass is 409 g/mol. The summed E-state index contributed by atoms with van der Waals surface area (Å²) < 4.78 is 39.9. The normalized spacial score (nSPS) is 11.3. The quantitative estimate of drug-likeness (QED) is 0.437. The van der Waals surface area contributed by atoms with Gasteiger partial charge in [0, 0.05) is 17.1 Å². The number of nitrogens with zero attached hydrogens (tertiary/aromatic N) is 1. The lowest BCUT2D eigenvalue weighted by molar-refractivity contribution is -0.276. The van der Waals surface area contributed by atoms with Gasteiger partial charge in [-0.05, 0) is 28.2 Å². The van der Waals surface area contributed by atoms with Crippen LogP contribution < -0.4 is 4.74 Å². The average Bonchev–Trinajstić information content (AvgIpc) is 2.19. The van der Waals surface area contributed by atoms with Gasteiger partial charge in [-0.3, -0.25) is 4.79 Å². The van der Waals surface area contributed by atoms with Gasteiger partial charge in [0.25, 0.3) is 0 Å². The summed E-state index contributed by atoms with van der Waals surface area (Å²) in [5.74, 6) is -0.548. The maximum absolute atomic E-state index is 12.0. The Morgan fingerprint density at radius 2 is 2.19 bits per heavy atom. The van der Waals surface area contributed by atoms with E-state index in [0.29, 0.717) is 11.8 Å². The highest BCUT2D eigenvalue weighted by molar-refractivity contribution is 14.1. The van der Waals surface area contributed by atoms with Crippen molar-refractivity contribution in [3.8, 4) is 5.88 Å². The molecule has 0 saturated heterocycles. The van der Waals surface area contributed by atoms with Gasteiger partial charge in [-0.15, -0.1) is 13.2 Å². The molecule has 0 saturated carbocycles. The number of carbonyl (C=O) groups is 1. The van der Waals surface area contributed by atoms with Crippen LogP contribution in [-0.2, 0) is 5.33 Å². The second kappa shape index (κ2) is 5.30. The fourth-order valence-electron chi connectivity index (χ4n) is 0.937. The molecule has 0 bridgehead atoms. The molecule has 0 aliphatic carbocycles. The first-order chi connectivity index (χ1) is 7.39. The number of aromatic nitrogens is 1. The number of ether oxygens (including phenoxy) is 1. The van der Waals surface area contributed by atoms with Gasteiger partial charge in [-0.2, -0.15) is 0 Å². The first-order valence-electron chi connectivity index (χ1n) is 3.83. The number of hydrogen-bond donors (Lipinski definition) is 0. The molecule has 1 aromatic rings. The van der Waals surface area contributed by atoms with Crippen LogP contribution in [0.1, 0.15) is 15.9 Å². The predicted molar refractivity (Wildman–Crippen MR) is 61.7 cm³/mol. The molecule has 0 aliphatic heterocycles. The molecule has 0 fully saturated rings. The first kappa shape index (κ1) is 13.7. The summed E-state index contributed by atoms with van der Waals surface area (Å²) in [5.41, 5.74) is 0.653. The van der Waals surface area contributed by atoms with E-state index in [1.54, 1.807) is 22.6 Å². The van der Waals surface area contributed by atoms with Gasteiger partial charge in [0.15, 0.2) is 6.29 Å². The molecule has 8 heteroatoms. The Morgan fingerprint density at radius 3 is 2.62 bits per heavy atom. The van der Waals surface area contributed by atoms with Crippen molar-refractivity contribution in [2.75, 3.05) is 0 Å². The lowest BCUT2D eigenvalue weighted by atomic mass is 10.2. The van der Waals surface area contributed by atoms with Crippen molar-refractivity contribution in [2.24, 2.45) is 0 Å². The third kappa shape index (κ3) is 3.30. The topological polar surface area (TPSA) is 39.2 Å². The van der Waals surface area contributed by atoms with E-state index >= 15 is 0 Å². The van der Waals surface area contributed by atoms with Crippen LogP contribution in [0.5, 0.6) is 5.88 Å². The molecular formula is C8H4BrF3INO2. The van der Waals surface area contributed by atoms with E-state index in [1.807, 2.05) is 0 Å². The van der Waals surface area contributed by atoms with Crippen molar-refractivity contribution < 1.29 is 22.7 Å².